The maximum absolute atomic E-state index is 13.3. The Labute approximate surface area is 154 Å². The van der Waals surface area contributed by atoms with Crippen molar-refractivity contribution in [3.05, 3.63) is 59.5 Å². The van der Waals surface area contributed by atoms with E-state index in [1.807, 2.05) is 6.07 Å². The number of halogens is 3. The molecule has 1 aromatic carbocycles. The molecule has 26 heavy (non-hydrogen) atoms. The summed E-state index contributed by atoms with van der Waals surface area (Å²) in [5.41, 5.74) is 1.18. The Morgan fingerprint density at radius 1 is 1.23 bits per heavy atom. The van der Waals surface area contributed by atoms with Gasteiger partial charge in [0.25, 0.3) is 11.7 Å². The molecule has 0 bridgehead atoms. The van der Waals surface area contributed by atoms with Crippen molar-refractivity contribution in [1.82, 2.24) is 9.88 Å². The lowest BCUT2D eigenvalue weighted by atomic mass is 9.90. The van der Waals surface area contributed by atoms with Gasteiger partial charge in [0.1, 0.15) is 10.8 Å². The molecule has 0 radical (unpaired) electrons. The molecule has 138 valence electrons. The summed E-state index contributed by atoms with van der Waals surface area (Å²) < 4.78 is 38.6. The van der Waals surface area contributed by atoms with Crippen LogP contribution in [0.15, 0.2) is 47.6 Å². The maximum atomic E-state index is 13.3. The molecule has 1 saturated heterocycles. The Kier molecular flexibility index (Phi) is 6.19. The monoisotopic (exact) mass is 380 g/mol. The van der Waals surface area contributed by atoms with E-state index in [1.165, 1.54) is 12.3 Å². The first-order chi connectivity index (χ1) is 12.5. The maximum Gasteiger partial charge on any atom is 0.290 e. The second kappa shape index (κ2) is 8.58. The van der Waals surface area contributed by atoms with Gasteiger partial charge in [-0.3, -0.25) is 4.79 Å². The lowest BCUT2D eigenvalue weighted by molar-refractivity contribution is 0.0686. The number of thioether (sulfide) groups is 1. The number of rotatable bonds is 5. The minimum atomic E-state index is -2.62. The molecule has 1 amide bonds. The normalized spacial score (nSPS) is 15.5. The van der Waals surface area contributed by atoms with E-state index in [4.69, 9.17) is 0 Å². The first kappa shape index (κ1) is 18.8. The van der Waals surface area contributed by atoms with E-state index in [0.717, 1.165) is 24.8 Å². The molecule has 0 N–H and O–H groups in total. The van der Waals surface area contributed by atoms with Crippen LogP contribution >= 0.6 is 11.8 Å². The molecular formula is C19H19F3N2OS. The van der Waals surface area contributed by atoms with Gasteiger partial charge in [-0.25, -0.2) is 9.37 Å². The molecule has 2 aromatic rings. The highest BCUT2D eigenvalue weighted by Crippen LogP contribution is 2.29. The molecule has 0 atom stereocenters. The van der Waals surface area contributed by atoms with E-state index in [2.05, 4.69) is 4.98 Å². The van der Waals surface area contributed by atoms with Gasteiger partial charge in [0, 0.05) is 19.3 Å². The molecule has 0 saturated carbocycles. The number of hydrogen-bond acceptors (Lipinski definition) is 3. The number of carbonyl (C=O) groups is 1. The van der Waals surface area contributed by atoms with Crippen molar-refractivity contribution in [2.24, 2.45) is 5.92 Å². The van der Waals surface area contributed by atoms with E-state index >= 15 is 0 Å². The Morgan fingerprint density at radius 2 is 2.00 bits per heavy atom. The van der Waals surface area contributed by atoms with E-state index in [1.54, 1.807) is 29.2 Å². The predicted molar refractivity (Wildman–Crippen MR) is 94.8 cm³/mol. The van der Waals surface area contributed by atoms with Crippen LogP contribution in [0.1, 0.15) is 28.8 Å². The summed E-state index contributed by atoms with van der Waals surface area (Å²) >= 11 is 0.294. The van der Waals surface area contributed by atoms with Crippen LogP contribution in [0.3, 0.4) is 0 Å². The number of amides is 1. The van der Waals surface area contributed by atoms with Gasteiger partial charge in [-0.2, -0.15) is 8.78 Å². The molecule has 1 aliphatic rings. The second-order valence-electron chi connectivity index (χ2n) is 6.30. The van der Waals surface area contributed by atoms with Gasteiger partial charge >= 0.3 is 0 Å². The van der Waals surface area contributed by atoms with Gasteiger partial charge in [0.2, 0.25) is 0 Å². The molecule has 7 heteroatoms. The van der Waals surface area contributed by atoms with Crippen molar-refractivity contribution >= 4 is 17.7 Å². The second-order valence-corrected chi connectivity index (χ2v) is 7.28. The van der Waals surface area contributed by atoms with Crippen LogP contribution in [0.5, 0.6) is 0 Å². The smallest absolute Gasteiger partial charge is 0.290 e. The number of carbonyl (C=O) groups excluding carboxylic acids is 1. The summed E-state index contributed by atoms with van der Waals surface area (Å²) in [7, 11) is 0. The van der Waals surface area contributed by atoms with Crippen molar-refractivity contribution < 1.29 is 18.0 Å². The zero-order chi connectivity index (χ0) is 18.5. The Balaban J connectivity index is 1.60. The summed E-state index contributed by atoms with van der Waals surface area (Å²) in [5, 5.41) is 0.0642. The van der Waals surface area contributed by atoms with Gasteiger partial charge in [-0.1, -0.05) is 12.1 Å². The van der Waals surface area contributed by atoms with Crippen molar-refractivity contribution in [2.45, 2.75) is 30.0 Å². The third kappa shape index (κ3) is 4.78. The summed E-state index contributed by atoms with van der Waals surface area (Å²) in [6.07, 6.45) is 3.80. The fraction of sp³-hybridized carbons (Fsp3) is 0.368. The van der Waals surface area contributed by atoms with Gasteiger partial charge in [-0.15, -0.1) is 0 Å². The number of aromatic nitrogens is 1. The first-order valence-corrected chi connectivity index (χ1v) is 9.34. The molecule has 0 unspecified atom stereocenters. The topological polar surface area (TPSA) is 33.2 Å². The van der Waals surface area contributed by atoms with Crippen LogP contribution in [0, 0.1) is 11.7 Å². The molecule has 2 heterocycles. The van der Waals surface area contributed by atoms with Gasteiger partial charge in [0.05, 0.1) is 5.56 Å². The largest absolute Gasteiger partial charge is 0.339 e. The van der Waals surface area contributed by atoms with Crippen LogP contribution in [-0.2, 0) is 6.42 Å². The standard InChI is InChI=1S/C19H19F3N2OS/c20-15-4-1-3-14(12-15)11-13-6-9-24(10-7-13)18(25)16-5-2-8-23-17(16)26-19(21)22/h1-5,8,12-13,19H,6-7,9-11H2. The molecule has 1 aliphatic heterocycles. The zero-order valence-corrected chi connectivity index (χ0v) is 14.9. The highest BCUT2D eigenvalue weighted by atomic mass is 32.2. The summed E-state index contributed by atoms with van der Waals surface area (Å²) in [6, 6.07) is 9.70. The Morgan fingerprint density at radius 3 is 2.69 bits per heavy atom. The molecule has 1 fully saturated rings. The molecule has 3 rings (SSSR count). The number of nitrogens with zero attached hydrogens (tertiary/aromatic N) is 2. The number of likely N-dealkylation sites (tertiary alicyclic amines) is 1. The number of pyridine rings is 1. The number of alkyl halides is 2. The third-order valence-corrected chi connectivity index (χ3v) is 5.24. The van der Waals surface area contributed by atoms with Gasteiger partial charge in [-0.05, 0) is 66.8 Å². The number of piperidine rings is 1. The van der Waals surface area contributed by atoms with Crippen LogP contribution in [0.25, 0.3) is 0 Å². The van der Waals surface area contributed by atoms with Crippen LogP contribution in [-0.4, -0.2) is 34.6 Å². The molecular weight excluding hydrogens is 361 g/mol. The van der Waals surface area contributed by atoms with Crippen molar-refractivity contribution in [3.8, 4) is 0 Å². The van der Waals surface area contributed by atoms with Crippen LogP contribution < -0.4 is 0 Å². The highest BCUT2D eigenvalue weighted by Gasteiger charge is 2.26. The van der Waals surface area contributed by atoms with Gasteiger partial charge < -0.3 is 4.90 Å². The van der Waals surface area contributed by atoms with E-state index < -0.39 is 5.76 Å². The SMILES string of the molecule is O=C(c1cccnc1SC(F)F)N1CCC(Cc2cccc(F)c2)CC1. The fourth-order valence-electron chi connectivity index (χ4n) is 3.24. The van der Waals surface area contributed by atoms with Crippen molar-refractivity contribution in [3.63, 3.8) is 0 Å². The zero-order valence-electron chi connectivity index (χ0n) is 14.1. The van der Waals surface area contributed by atoms with Gasteiger partial charge in [0.15, 0.2) is 0 Å². The van der Waals surface area contributed by atoms with Crippen molar-refractivity contribution in [1.29, 1.82) is 0 Å². The summed E-state index contributed by atoms with van der Waals surface area (Å²) in [5.74, 6) is -2.74. The van der Waals surface area contributed by atoms with E-state index in [9.17, 15) is 18.0 Å². The van der Waals surface area contributed by atoms with E-state index in [-0.39, 0.29) is 22.3 Å². The summed E-state index contributed by atoms with van der Waals surface area (Å²) in [6.45, 7) is 1.12. The average Bonchev–Trinajstić information content (AvgIpc) is 2.62. The average molecular weight is 380 g/mol. The van der Waals surface area contributed by atoms with Crippen LogP contribution in [0.4, 0.5) is 13.2 Å². The molecule has 1 aromatic heterocycles. The fourth-order valence-corrected chi connectivity index (χ4v) is 3.81. The third-order valence-electron chi connectivity index (χ3n) is 4.52. The molecule has 0 spiro atoms. The first-order valence-electron chi connectivity index (χ1n) is 8.46. The lowest BCUT2D eigenvalue weighted by Gasteiger charge is -2.32. The quantitative estimate of drug-likeness (QED) is 0.709. The van der Waals surface area contributed by atoms with E-state index in [0.29, 0.717) is 30.8 Å². The predicted octanol–water partition coefficient (Wildman–Crippen LogP) is 4.63. The highest BCUT2D eigenvalue weighted by molar-refractivity contribution is 7.99. The minimum Gasteiger partial charge on any atom is -0.339 e. The van der Waals surface area contributed by atoms with Crippen molar-refractivity contribution in [2.75, 3.05) is 13.1 Å². The Hall–Kier alpha value is -2.02. The molecule has 3 nitrogen and oxygen atoms in total. The summed E-state index contributed by atoms with van der Waals surface area (Å²) in [4.78, 5) is 18.3. The lowest BCUT2D eigenvalue weighted by Crippen LogP contribution is -2.39. The minimum absolute atomic E-state index is 0.0642. The number of benzene rings is 1. The Bertz CT molecular complexity index is 764. The number of hydrogen-bond donors (Lipinski definition) is 0. The molecule has 0 aliphatic carbocycles. The van der Waals surface area contributed by atoms with Crippen LogP contribution in [0.2, 0.25) is 0 Å².